The zero-order valence-electron chi connectivity index (χ0n) is 10.6. The summed E-state index contributed by atoms with van der Waals surface area (Å²) >= 11 is 0. The third kappa shape index (κ3) is 0.892. The molecule has 7 bridgehead atoms. The van der Waals surface area contributed by atoms with Crippen LogP contribution in [0, 0.1) is 5.92 Å². The minimum Gasteiger partial charge on any atom is -0.388 e. The van der Waals surface area contributed by atoms with Crippen molar-refractivity contribution in [3.63, 3.8) is 0 Å². The van der Waals surface area contributed by atoms with Crippen LogP contribution in [-0.4, -0.2) is 69.0 Å². The van der Waals surface area contributed by atoms with Crippen LogP contribution >= 0.6 is 0 Å². The van der Waals surface area contributed by atoms with Crippen molar-refractivity contribution < 1.29 is 29.5 Å². The fraction of sp³-hybridized carbons (Fsp3) is 0.909. The van der Waals surface area contributed by atoms with Gasteiger partial charge in [0.15, 0.2) is 18.3 Å². The summed E-state index contributed by atoms with van der Waals surface area (Å²) in [4.78, 5) is 4.14. The number of nitrogens with two attached hydrogens (primary N) is 1. The fourth-order valence-electron chi connectivity index (χ4n) is 4.60. The zero-order chi connectivity index (χ0) is 14.1. The number of hydrogen-bond donors (Lipinski definition) is 5. The monoisotopic (exact) mass is 285 g/mol. The van der Waals surface area contributed by atoms with Crippen molar-refractivity contribution in [3.8, 4) is 0 Å². The van der Waals surface area contributed by atoms with Gasteiger partial charge in [-0.3, -0.25) is 0 Å². The molecule has 9 heteroatoms. The molecular formula is C11H15N3O6. The number of aliphatic hydroxyl groups excluding tert-OH is 1. The van der Waals surface area contributed by atoms with Gasteiger partial charge in [0.05, 0.1) is 5.92 Å². The molecular weight excluding hydrogens is 270 g/mol. The van der Waals surface area contributed by atoms with Crippen LogP contribution in [0.4, 0.5) is 0 Å². The van der Waals surface area contributed by atoms with Gasteiger partial charge in [0.2, 0.25) is 0 Å². The van der Waals surface area contributed by atoms with Crippen LogP contribution in [0.15, 0.2) is 4.99 Å². The lowest BCUT2D eigenvalue weighted by atomic mass is 9.57. The SMILES string of the molecule is C[C@]1(O)[C@@H]2O[C@]3(O)O[C@H]1C(O)[C@@]14NC(N)=N[C@@H](O[C@H]31)[C@@H]24. The Balaban J connectivity index is 1.79. The maximum absolute atomic E-state index is 10.7. The van der Waals surface area contributed by atoms with Gasteiger partial charge in [-0.15, -0.1) is 0 Å². The molecule has 110 valence electrons. The number of ether oxygens (including phenoxy) is 3. The third-order valence-electron chi connectivity index (χ3n) is 5.36. The number of rotatable bonds is 0. The van der Waals surface area contributed by atoms with Gasteiger partial charge in [0.25, 0.3) is 0 Å². The summed E-state index contributed by atoms with van der Waals surface area (Å²) in [5, 5.41) is 34.8. The Labute approximate surface area is 113 Å². The summed E-state index contributed by atoms with van der Waals surface area (Å²) in [6, 6.07) is 0. The molecule has 5 aliphatic heterocycles. The Morgan fingerprint density at radius 2 is 2.00 bits per heavy atom. The summed E-state index contributed by atoms with van der Waals surface area (Å²) in [6.07, 6.45) is -4.54. The zero-order valence-corrected chi connectivity index (χ0v) is 10.6. The number of aliphatic imine (C=N–C) groups is 1. The van der Waals surface area contributed by atoms with E-state index in [4.69, 9.17) is 19.9 Å². The van der Waals surface area contributed by atoms with Gasteiger partial charge in [0.1, 0.15) is 29.5 Å². The smallest absolute Gasteiger partial charge is 0.311 e. The molecule has 5 fully saturated rings. The van der Waals surface area contributed by atoms with E-state index in [1.165, 1.54) is 6.92 Å². The predicted octanol–water partition coefficient (Wildman–Crippen LogP) is -3.45. The lowest BCUT2D eigenvalue weighted by molar-refractivity contribution is -0.526. The van der Waals surface area contributed by atoms with Gasteiger partial charge in [0, 0.05) is 0 Å². The average molecular weight is 285 g/mol. The highest BCUT2D eigenvalue weighted by Gasteiger charge is 2.86. The maximum Gasteiger partial charge on any atom is 0.311 e. The van der Waals surface area contributed by atoms with Crippen molar-refractivity contribution in [1.29, 1.82) is 0 Å². The standard InChI is InChI=1S/C11H15N3O6/c1-9(16)4-2-6-13-8(12)14-10(2)3(15)5(9)20-11(17,19-4)7(10)18-6/h2-7,15-17H,1H3,(H3,12,13,14)/t2-,3?,4-,5+,6+,7+,9+,10-,11+/m1/s1. The topological polar surface area (TPSA) is 139 Å². The normalized spacial score (nSPS) is 68.9. The van der Waals surface area contributed by atoms with Crippen LogP contribution in [0.2, 0.25) is 0 Å². The maximum atomic E-state index is 10.7. The van der Waals surface area contributed by atoms with Crippen LogP contribution in [-0.2, 0) is 14.2 Å². The number of aliphatic hydroxyl groups is 3. The van der Waals surface area contributed by atoms with Gasteiger partial charge in [-0.2, -0.15) is 0 Å². The largest absolute Gasteiger partial charge is 0.388 e. The van der Waals surface area contributed by atoms with Gasteiger partial charge in [-0.25, -0.2) is 4.99 Å². The molecule has 0 aromatic heterocycles. The summed E-state index contributed by atoms with van der Waals surface area (Å²) in [6.45, 7) is 1.51. The molecule has 5 heterocycles. The summed E-state index contributed by atoms with van der Waals surface area (Å²) < 4.78 is 16.6. The highest BCUT2D eigenvalue weighted by atomic mass is 16.9. The molecule has 9 atom stereocenters. The van der Waals surface area contributed by atoms with E-state index in [2.05, 4.69) is 10.3 Å². The van der Waals surface area contributed by atoms with E-state index in [-0.39, 0.29) is 5.96 Å². The molecule has 0 radical (unpaired) electrons. The molecule has 1 unspecified atom stereocenters. The van der Waals surface area contributed by atoms with Crippen molar-refractivity contribution in [3.05, 3.63) is 0 Å². The predicted molar refractivity (Wildman–Crippen MR) is 61.0 cm³/mol. The molecule has 0 aromatic carbocycles. The molecule has 20 heavy (non-hydrogen) atoms. The molecule has 6 rings (SSSR count). The molecule has 1 saturated carbocycles. The first-order valence-electron chi connectivity index (χ1n) is 6.56. The van der Waals surface area contributed by atoms with Crippen LogP contribution in [0.5, 0.6) is 0 Å². The second kappa shape index (κ2) is 2.82. The second-order valence-corrected chi connectivity index (χ2v) is 6.38. The molecule has 0 aromatic rings. The van der Waals surface area contributed by atoms with E-state index in [0.717, 1.165) is 0 Å². The molecule has 0 amide bonds. The molecule has 6 N–H and O–H groups in total. The number of nitrogens with one attached hydrogen (secondary N) is 1. The first-order chi connectivity index (χ1) is 9.31. The van der Waals surface area contributed by atoms with Gasteiger partial charge >= 0.3 is 5.97 Å². The highest BCUT2D eigenvalue weighted by molar-refractivity contribution is 5.80. The lowest BCUT2D eigenvalue weighted by Gasteiger charge is -2.68. The van der Waals surface area contributed by atoms with Crippen LogP contribution in [0.1, 0.15) is 6.92 Å². The van der Waals surface area contributed by atoms with Gasteiger partial charge in [-0.05, 0) is 6.92 Å². The molecule has 6 aliphatic rings. The molecule has 1 aliphatic carbocycles. The van der Waals surface area contributed by atoms with E-state index in [0.29, 0.717) is 0 Å². The van der Waals surface area contributed by atoms with Crippen molar-refractivity contribution in [1.82, 2.24) is 5.32 Å². The molecule has 9 nitrogen and oxygen atoms in total. The Hall–Kier alpha value is -0.970. The Morgan fingerprint density at radius 3 is 2.75 bits per heavy atom. The van der Waals surface area contributed by atoms with Crippen LogP contribution < -0.4 is 11.1 Å². The summed E-state index contributed by atoms with van der Waals surface area (Å²) in [7, 11) is 0. The van der Waals surface area contributed by atoms with Crippen molar-refractivity contribution in [2.24, 2.45) is 16.6 Å². The Kier molecular flexibility index (Phi) is 1.65. The van der Waals surface area contributed by atoms with E-state index >= 15 is 0 Å². The minimum absolute atomic E-state index is 0.137. The summed E-state index contributed by atoms with van der Waals surface area (Å²) in [5.41, 5.74) is 3.23. The summed E-state index contributed by atoms with van der Waals surface area (Å²) in [5.74, 6) is -2.34. The highest BCUT2D eigenvalue weighted by Crippen LogP contribution is 2.63. The average Bonchev–Trinajstić information content (AvgIpc) is 2.51. The molecule has 1 spiro atoms. The minimum atomic E-state index is -2.02. The van der Waals surface area contributed by atoms with Crippen molar-refractivity contribution in [2.75, 3.05) is 0 Å². The Bertz CT molecular complexity index is 554. The molecule has 4 saturated heterocycles. The lowest BCUT2D eigenvalue weighted by Crippen LogP contribution is -2.91. The van der Waals surface area contributed by atoms with Gasteiger partial charge in [-0.1, -0.05) is 0 Å². The van der Waals surface area contributed by atoms with Gasteiger partial charge < -0.3 is 40.6 Å². The number of hydrogen-bond acceptors (Lipinski definition) is 9. The number of nitrogens with zero attached hydrogens (tertiary/aromatic N) is 1. The first kappa shape index (κ1) is 11.7. The van der Waals surface area contributed by atoms with Crippen molar-refractivity contribution in [2.45, 2.75) is 54.7 Å². The van der Waals surface area contributed by atoms with Crippen LogP contribution in [0.3, 0.4) is 0 Å². The van der Waals surface area contributed by atoms with E-state index in [1.54, 1.807) is 0 Å². The first-order valence-corrected chi connectivity index (χ1v) is 6.56. The van der Waals surface area contributed by atoms with Crippen LogP contribution in [0.25, 0.3) is 0 Å². The quantitative estimate of drug-likeness (QED) is 0.310. The van der Waals surface area contributed by atoms with E-state index in [1.807, 2.05) is 0 Å². The second-order valence-electron chi connectivity index (χ2n) is 6.38. The Morgan fingerprint density at radius 1 is 1.30 bits per heavy atom. The fourth-order valence-corrected chi connectivity index (χ4v) is 4.60. The number of guanidine groups is 1. The van der Waals surface area contributed by atoms with E-state index < -0.39 is 53.7 Å². The van der Waals surface area contributed by atoms with E-state index in [9.17, 15) is 15.3 Å². The third-order valence-corrected chi connectivity index (χ3v) is 5.36. The van der Waals surface area contributed by atoms with Crippen molar-refractivity contribution >= 4 is 5.96 Å².